The van der Waals surface area contributed by atoms with Crippen molar-refractivity contribution in [3.63, 3.8) is 0 Å². The number of aliphatic imine (C=N–C) groups is 1. The summed E-state index contributed by atoms with van der Waals surface area (Å²) in [4.78, 5) is 13.2. The van der Waals surface area contributed by atoms with E-state index < -0.39 is 0 Å². The second kappa shape index (κ2) is 11.1. The maximum Gasteiger partial charge on any atom is 0.191 e. The number of rotatable bonds is 6. The largest absolute Gasteiger partial charge is 0.357 e. The molecule has 4 rings (SSSR count). The fourth-order valence-electron chi connectivity index (χ4n) is 5.79. The zero-order valence-electron chi connectivity index (χ0n) is 19.5. The Kier molecular flexibility index (Phi) is 9.11. The molecule has 6 nitrogen and oxygen atoms in total. The summed E-state index contributed by atoms with van der Waals surface area (Å²) < 4.78 is 0. The number of nitrogens with one attached hydrogen (secondary N) is 2. The summed E-state index contributed by atoms with van der Waals surface area (Å²) >= 11 is 0. The fraction of sp³-hybridized carbons (Fsp3) is 0.957. The molecule has 0 radical (unpaired) electrons. The molecule has 0 aromatic rings. The summed E-state index contributed by atoms with van der Waals surface area (Å²) in [6.45, 7) is 12.6. The van der Waals surface area contributed by atoms with Crippen molar-refractivity contribution in [1.29, 1.82) is 0 Å². The van der Waals surface area contributed by atoms with Crippen molar-refractivity contribution >= 4 is 29.9 Å². The Hall–Kier alpha value is -0.120. The van der Waals surface area contributed by atoms with Gasteiger partial charge in [-0.3, -0.25) is 14.8 Å². The van der Waals surface area contributed by atoms with E-state index in [1.165, 1.54) is 84.1 Å². The molecule has 1 aliphatic carbocycles. The smallest absolute Gasteiger partial charge is 0.191 e. The van der Waals surface area contributed by atoms with Gasteiger partial charge in [-0.15, -0.1) is 24.0 Å². The molecule has 2 atom stereocenters. The van der Waals surface area contributed by atoms with E-state index in [-0.39, 0.29) is 29.5 Å². The predicted molar refractivity (Wildman–Crippen MR) is 137 cm³/mol. The molecule has 4 aliphatic rings. The Labute approximate surface area is 201 Å². The van der Waals surface area contributed by atoms with Crippen LogP contribution < -0.4 is 10.6 Å². The van der Waals surface area contributed by atoms with Crippen LogP contribution >= 0.6 is 24.0 Å². The molecule has 3 aliphatic heterocycles. The van der Waals surface area contributed by atoms with Crippen molar-refractivity contribution in [3.8, 4) is 0 Å². The maximum atomic E-state index is 5.20. The third-order valence-corrected chi connectivity index (χ3v) is 7.80. The van der Waals surface area contributed by atoms with Crippen LogP contribution in [0.1, 0.15) is 65.2 Å². The van der Waals surface area contributed by atoms with Gasteiger partial charge in [0.15, 0.2) is 5.96 Å². The Morgan fingerprint density at radius 1 is 1.07 bits per heavy atom. The number of nitrogens with zero attached hydrogens (tertiary/aromatic N) is 4. The molecule has 3 heterocycles. The number of piperidine rings is 2. The van der Waals surface area contributed by atoms with E-state index in [1.54, 1.807) is 0 Å². The highest BCUT2D eigenvalue weighted by Crippen LogP contribution is 2.34. The van der Waals surface area contributed by atoms with Gasteiger partial charge in [0, 0.05) is 36.8 Å². The molecular formula is C23H45IN6. The average Bonchev–Trinajstić information content (AvgIpc) is 3.51. The third kappa shape index (κ3) is 6.01. The van der Waals surface area contributed by atoms with Crippen LogP contribution in [-0.2, 0) is 0 Å². The van der Waals surface area contributed by atoms with E-state index >= 15 is 0 Å². The van der Waals surface area contributed by atoms with Gasteiger partial charge < -0.3 is 15.5 Å². The second-order valence-corrected chi connectivity index (χ2v) is 10.1. The van der Waals surface area contributed by atoms with Gasteiger partial charge in [0.2, 0.25) is 0 Å². The molecule has 30 heavy (non-hydrogen) atoms. The van der Waals surface area contributed by atoms with Gasteiger partial charge in [0.05, 0.1) is 6.54 Å². The van der Waals surface area contributed by atoms with Gasteiger partial charge in [-0.2, -0.15) is 0 Å². The van der Waals surface area contributed by atoms with Gasteiger partial charge >= 0.3 is 0 Å². The highest BCUT2D eigenvalue weighted by Gasteiger charge is 2.41. The lowest BCUT2D eigenvalue weighted by Gasteiger charge is -2.49. The van der Waals surface area contributed by atoms with Crippen molar-refractivity contribution in [2.24, 2.45) is 4.99 Å². The molecule has 0 bridgehead atoms. The van der Waals surface area contributed by atoms with Crippen molar-refractivity contribution in [2.45, 2.75) is 88.9 Å². The van der Waals surface area contributed by atoms with Gasteiger partial charge in [-0.1, -0.05) is 6.42 Å². The van der Waals surface area contributed by atoms with E-state index in [0.29, 0.717) is 12.1 Å². The first-order chi connectivity index (χ1) is 14.1. The Morgan fingerprint density at radius 3 is 2.40 bits per heavy atom. The highest BCUT2D eigenvalue weighted by molar-refractivity contribution is 14.0. The molecular weight excluding hydrogens is 487 g/mol. The topological polar surface area (TPSA) is 46.1 Å². The third-order valence-electron chi connectivity index (χ3n) is 7.80. The monoisotopic (exact) mass is 532 g/mol. The van der Waals surface area contributed by atoms with Crippen LogP contribution in [-0.4, -0.2) is 97.2 Å². The van der Waals surface area contributed by atoms with E-state index in [2.05, 4.69) is 46.2 Å². The number of halogens is 1. The molecule has 0 aromatic carbocycles. The summed E-state index contributed by atoms with van der Waals surface area (Å²) in [5, 5.41) is 7.34. The summed E-state index contributed by atoms with van der Waals surface area (Å²) in [7, 11) is 2.27. The average molecular weight is 533 g/mol. The lowest BCUT2D eigenvalue weighted by Crippen LogP contribution is -2.58. The first kappa shape index (κ1) is 24.5. The van der Waals surface area contributed by atoms with E-state index in [0.717, 1.165) is 25.1 Å². The zero-order valence-corrected chi connectivity index (χ0v) is 21.9. The molecule has 1 saturated carbocycles. The molecule has 0 amide bonds. The van der Waals surface area contributed by atoms with Crippen molar-refractivity contribution in [2.75, 3.05) is 52.9 Å². The Morgan fingerprint density at radius 2 is 1.77 bits per heavy atom. The molecule has 7 heteroatoms. The normalized spacial score (nSPS) is 31.4. The summed E-state index contributed by atoms with van der Waals surface area (Å²) in [5.74, 6) is 1.04. The first-order valence-corrected chi connectivity index (χ1v) is 12.3. The molecule has 4 fully saturated rings. The van der Waals surface area contributed by atoms with Crippen LogP contribution in [0.2, 0.25) is 0 Å². The van der Waals surface area contributed by atoms with Gasteiger partial charge in [-0.25, -0.2) is 0 Å². The van der Waals surface area contributed by atoms with Gasteiger partial charge in [-0.05, 0) is 92.0 Å². The van der Waals surface area contributed by atoms with Crippen LogP contribution in [0.4, 0.5) is 0 Å². The molecule has 3 saturated heterocycles. The fourth-order valence-corrected chi connectivity index (χ4v) is 5.79. The first-order valence-electron chi connectivity index (χ1n) is 12.3. The molecule has 0 aromatic heterocycles. The lowest BCUT2D eigenvalue weighted by molar-refractivity contribution is 0.0208. The van der Waals surface area contributed by atoms with Crippen LogP contribution in [0.5, 0.6) is 0 Å². The summed E-state index contributed by atoms with van der Waals surface area (Å²) in [6.07, 6.45) is 10.7. The number of guanidine groups is 1. The molecule has 2 unspecified atom stereocenters. The second-order valence-electron chi connectivity index (χ2n) is 10.1. The summed E-state index contributed by atoms with van der Waals surface area (Å²) in [6, 6.07) is 2.10. The highest BCUT2D eigenvalue weighted by atomic mass is 127. The SMILES string of the molecule is CCNC(=NCC1(N2CCCCC2)CCN(C)CC1)NC1CC(C)N(C2CC2)C1.I. The Balaban J connectivity index is 0.00000256. The quantitative estimate of drug-likeness (QED) is 0.313. The van der Waals surface area contributed by atoms with E-state index in [9.17, 15) is 0 Å². The van der Waals surface area contributed by atoms with Crippen LogP contribution in [0.25, 0.3) is 0 Å². The minimum Gasteiger partial charge on any atom is -0.357 e. The Bertz CT molecular complexity index is 552. The molecule has 0 spiro atoms. The lowest BCUT2D eigenvalue weighted by atomic mass is 9.84. The van der Waals surface area contributed by atoms with Gasteiger partial charge in [0.25, 0.3) is 0 Å². The van der Waals surface area contributed by atoms with Crippen molar-refractivity contribution in [1.82, 2.24) is 25.3 Å². The standard InChI is InChI=1S/C23H44N6.HI/c1-4-24-22(26-20-16-19(2)29(17-20)21-8-9-21)25-18-23(10-14-27(3)15-11-23)28-12-6-5-7-13-28;/h19-21H,4-18H2,1-3H3,(H2,24,25,26);1H. The minimum absolute atomic E-state index is 0. The number of likely N-dealkylation sites (tertiary alicyclic amines) is 3. The van der Waals surface area contributed by atoms with E-state index in [1.807, 2.05) is 0 Å². The predicted octanol–water partition coefficient (Wildman–Crippen LogP) is 2.74. The van der Waals surface area contributed by atoms with Crippen LogP contribution in [0.15, 0.2) is 4.99 Å². The summed E-state index contributed by atoms with van der Waals surface area (Å²) in [5.41, 5.74) is 0.262. The minimum atomic E-state index is 0. The maximum absolute atomic E-state index is 5.20. The molecule has 2 N–H and O–H groups in total. The van der Waals surface area contributed by atoms with Crippen LogP contribution in [0.3, 0.4) is 0 Å². The number of hydrogen-bond acceptors (Lipinski definition) is 4. The van der Waals surface area contributed by atoms with Crippen molar-refractivity contribution < 1.29 is 0 Å². The number of hydrogen-bond donors (Lipinski definition) is 2. The van der Waals surface area contributed by atoms with Crippen LogP contribution in [0, 0.1) is 0 Å². The zero-order chi connectivity index (χ0) is 20.3. The van der Waals surface area contributed by atoms with E-state index in [4.69, 9.17) is 4.99 Å². The van der Waals surface area contributed by atoms with Gasteiger partial charge in [0.1, 0.15) is 0 Å². The van der Waals surface area contributed by atoms with Crippen molar-refractivity contribution in [3.05, 3.63) is 0 Å². The molecule has 174 valence electrons.